The van der Waals surface area contributed by atoms with Crippen LogP contribution in [0.1, 0.15) is 12.8 Å². The molecular formula is C9H14Cl2N2O. The highest BCUT2D eigenvalue weighted by atomic mass is 35.5. The summed E-state index contributed by atoms with van der Waals surface area (Å²) in [5.41, 5.74) is 1.35. The van der Waals surface area contributed by atoms with Gasteiger partial charge in [-0.25, -0.2) is 0 Å². The Morgan fingerprint density at radius 1 is 1.79 bits per heavy atom. The van der Waals surface area contributed by atoms with Gasteiger partial charge in [-0.05, 0) is 6.42 Å². The van der Waals surface area contributed by atoms with E-state index in [1.54, 1.807) is 4.90 Å². The Balaban J connectivity index is 2.30. The molecule has 1 saturated heterocycles. The van der Waals surface area contributed by atoms with E-state index in [1.165, 1.54) is 5.54 Å². The quantitative estimate of drug-likeness (QED) is 0.807. The normalized spacial score (nSPS) is 24.2. The monoisotopic (exact) mass is 236 g/mol. The van der Waals surface area contributed by atoms with Crippen LogP contribution in [0, 0.1) is 0 Å². The number of piperidine rings is 1. The first-order valence-electron chi connectivity index (χ1n) is 4.55. The molecule has 1 heterocycles. The number of halogens is 2. The highest BCUT2D eigenvalue weighted by molar-refractivity contribution is 6.36. The van der Waals surface area contributed by atoms with E-state index in [0.29, 0.717) is 24.0 Å². The maximum absolute atomic E-state index is 11.2. The zero-order chi connectivity index (χ0) is 10.6. The van der Waals surface area contributed by atoms with Gasteiger partial charge in [-0.3, -0.25) is 4.79 Å². The molecule has 3 nitrogen and oxygen atoms in total. The molecule has 0 bridgehead atoms. The van der Waals surface area contributed by atoms with Crippen molar-refractivity contribution in [2.75, 3.05) is 20.1 Å². The van der Waals surface area contributed by atoms with Crippen LogP contribution in [-0.2, 0) is 4.79 Å². The van der Waals surface area contributed by atoms with Crippen LogP contribution in [0.25, 0.3) is 0 Å². The molecule has 1 atom stereocenters. The summed E-state index contributed by atoms with van der Waals surface area (Å²) in [7, 11) is 1.81. The van der Waals surface area contributed by atoms with Gasteiger partial charge in [-0.1, -0.05) is 23.2 Å². The standard InChI is InChI=1S/C9H14Cl2N2O/c1-13-6-8(2-3-9(13)14)12-5-7(11)4-10/h4,8,12H,2-3,5-6H2,1H3. The van der Waals surface area contributed by atoms with Crippen molar-refractivity contribution in [1.29, 1.82) is 0 Å². The Morgan fingerprint density at radius 3 is 3.07 bits per heavy atom. The lowest BCUT2D eigenvalue weighted by Crippen LogP contribution is -2.46. The number of likely N-dealkylation sites (tertiary alicyclic amines) is 1. The van der Waals surface area contributed by atoms with Crippen molar-refractivity contribution >= 4 is 29.1 Å². The number of likely N-dealkylation sites (N-methyl/N-ethyl adjacent to an activating group) is 1. The van der Waals surface area contributed by atoms with Gasteiger partial charge in [0, 0.05) is 43.2 Å². The number of carbonyl (C=O) groups is 1. The molecule has 1 aliphatic rings. The molecule has 0 aromatic heterocycles. The highest BCUT2D eigenvalue weighted by Gasteiger charge is 2.21. The van der Waals surface area contributed by atoms with Crippen molar-refractivity contribution in [3.63, 3.8) is 0 Å². The lowest BCUT2D eigenvalue weighted by Gasteiger charge is -2.30. The largest absolute Gasteiger partial charge is 0.344 e. The fourth-order valence-electron chi connectivity index (χ4n) is 1.46. The molecule has 1 fully saturated rings. The summed E-state index contributed by atoms with van der Waals surface area (Å²) in [6.07, 6.45) is 1.48. The molecule has 1 N–H and O–H groups in total. The molecule has 5 heteroatoms. The minimum absolute atomic E-state index is 0.210. The fourth-order valence-corrected chi connectivity index (χ4v) is 1.61. The van der Waals surface area contributed by atoms with Crippen LogP contribution >= 0.6 is 23.2 Å². The van der Waals surface area contributed by atoms with Crippen LogP contribution in [0.15, 0.2) is 10.6 Å². The Bertz CT molecular complexity index is 243. The predicted molar refractivity (Wildman–Crippen MR) is 58.5 cm³/mol. The van der Waals surface area contributed by atoms with Gasteiger partial charge in [0.25, 0.3) is 0 Å². The van der Waals surface area contributed by atoms with E-state index in [4.69, 9.17) is 23.2 Å². The SMILES string of the molecule is CN1CC(NCC(Cl)=CCl)CCC1=O. The van der Waals surface area contributed by atoms with Crippen molar-refractivity contribution in [3.8, 4) is 0 Å². The van der Waals surface area contributed by atoms with Crippen molar-refractivity contribution in [1.82, 2.24) is 10.2 Å². The summed E-state index contributed by atoms with van der Waals surface area (Å²) in [6.45, 7) is 1.31. The van der Waals surface area contributed by atoms with Crippen LogP contribution in [-0.4, -0.2) is 37.0 Å². The first-order chi connectivity index (χ1) is 6.63. The molecule has 0 aromatic rings. The molecule has 0 aliphatic carbocycles. The summed E-state index contributed by atoms with van der Waals surface area (Å²) in [6, 6.07) is 0.322. The second-order valence-corrected chi connectivity index (χ2v) is 4.15. The van der Waals surface area contributed by atoms with E-state index in [9.17, 15) is 4.79 Å². The van der Waals surface area contributed by atoms with Gasteiger partial charge in [-0.15, -0.1) is 0 Å². The number of amides is 1. The molecule has 14 heavy (non-hydrogen) atoms. The lowest BCUT2D eigenvalue weighted by atomic mass is 10.1. The Hall–Kier alpha value is -0.250. The number of hydrogen-bond acceptors (Lipinski definition) is 2. The smallest absolute Gasteiger partial charge is 0.222 e. The van der Waals surface area contributed by atoms with Gasteiger partial charge >= 0.3 is 0 Å². The van der Waals surface area contributed by atoms with E-state index < -0.39 is 0 Å². The van der Waals surface area contributed by atoms with Crippen molar-refractivity contribution in [2.45, 2.75) is 18.9 Å². The molecule has 1 rings (SSSR count). The predicted octanol–water partition coefficient (Wildman–Crippen LogP) is 1.52. The van der Waals surface area contributed by atoms with Gasteiger partial charge in [0.15, 0.2) is 0 Å². The molecule has 0 spiro atoms. The molecular weight excluding hydrogens is 223 g/mol. The average Bonchev–Trinajstić information content (AvgIpc) is 2.19. The highest BCUT2D eigenvalue weighted by Crippen LogP contribution is 2.10. The van der Waals surface area contributed by atoms with E-state index in [2.05, 4.69) is 5.32 Å². The van der Waals surface area contributed by atoms with E-state index in [0.717, 1.165) is 13.0 Å². The first kappa shape index (κ1) is 11.8. The second-order valence-electron chi connectivity index (χ2n) is 3.45. The minimum Gasteiger partial charge on any atom is -0.344 e. The summed E-state index contributed by atoms with van der Waals surface area (Å²) >= 11 is 11.2. The molecule has 0 saturated carbocycles. The average molecular weight is 237 g/mol. The lowest BCUT2D eigenvalue weighted by molar-refractivity contribution is -0.132. The number of nitrogens with zero attached hydrogens (tertiary/aromatic N) is 1. The van der Waals surface area contributed by atoms with Crippen LogP contribution in [0.3, 0.4) is 0 Å². The third-order valence-corrected chi connectivity index (χ3v) is 2.92. The van der Waals surface area contributed by atoms with E-state index in [-0.39, 0.29) is 5.91 Å². The maximum Gasteiger partial charge on any atom is 0.222 e. The zero-order valence-electron chi connectivity index (χ0n) is 8.09. The van der Waals surface area contributed by atoms with Crippen LogP contribution < -0.4 is 5.32 Å². The second kappa shape index (κ2) is 5.59. The first-order valence-corrected chi connectivity index (χ1v) is 5.37. The van der Waals surface area contributed by atoms with Gasteiger partial charge in [0.2, 0.25) is 5.91 Å². The third kappa shape index (κ3) is 3.48. The van der Waals surface area contributed by atoms with Gasteiger partial charge in [0.1, 0.15) is 0 Å². The number of carbonyl (C=O) groups excluding carboxylic acids is 1. The molecule has 1 aliphatic heterocycles. The fraction of sp³-hybridized carbons (Fsp3) is 0.667. The van der Waals surface area contributed by atoms with Gasteiger partial charge < -0.3 is 10.2 Å². The maximum atomic E-state index is 11.2. The van der Waals surface area contributed by atoms with Crippen molar-refractivity contribution < 1.29 is 4.79 Å². The van der Waals surface area contributed by atoms with Crippen LogP contribution in [0.5, 0.6) is 0 Å². The third-order valence-electron chi connectivity index (χ3n) is 2.30. The van der Waals surface area contributed by atoms with E-state index in [1.807, 2.05) is 7.05 Å². The summed E-state index contributed by atoms with van der Waals surface area (Å²) in [5.74, 6) is 0.210. The summed E-state index contributed by atoms with van der Waals surface area (Å²) < 4.78 is 0. The van der Waals surface area contributed by atoms with Gasteiger partial charge in [-0.2, -0.15) is 0 Å². The van der Waals surface area contributed by atoms with Crippen molar-refractivity contribution in [2.24, 2.45) is 0 Å². The molecule has 1 unspecified atom stereocenters. The molecule has 0 aromatic carbocycles. The Labute approximate surface area is 94.0 Å². The molecule has 1 amide bonds. The number of rotatable bonds is 3. The molecule has 0 radical (unpaired) electrons. The topological polar surface area (TPSA) is 32.3 Å². The van der Waals surface area contributed by atoms with E-state index >= 15 is 0 Å². The molecule has 80 valence electrons. The van der Waals surface area contributed by atoms with Crippen LogP contribution in [0.4, 0.5) is 0 Å². The zero-order valence-corrected chi connectivity index (χ0v) is 9.61. The summed E-state index contributed by atoms with van der Waals surface area (Å²) in [4.78, 5) is 12.9. The van der Waals surface area contributed by atoms with Crippen molar-refractivity contribution in [3.05, 3.63) is 10.6 Å². The Morgan fingerprint density at radius 2 is 2.50 bits per heavy atom. The van der Waals surface area contributed by atoms with Crippen LogP contribution in [0.2, 0.25) is 0 Å². The Kier molecular flexibility index (Phi) is 4.72. The summed E-state index contributed by atoms with van der Waals surface area (Å²) in [5, 5.41) is 3.83. The number of nitrogens with one attached hydrogen (secondary N) is 1. The number of hydrogen-bond donors (Lipinski definition) is 1. The van der Waals surface area contributed by atoms with Gasteiger partial charge in [0.05, 0.1) is 0 Å². The minimum atomic E-state index is 0.210.